The molecular weight excluding hydrogens is 256 g/mol. The van der Waals surface area contributed by atoms with Crippen molar-refractivity contribution in [3.05, 3.63) is 35.4 Å². The number of methoxy groups -OCH3 is 1. The van der Waals surface area contributed by atoms with Crippen molar-refractivity contribution in [2.75, 3.05) is 7.11 Å². The normalized spacial score (nSPS) is 21.5. The van der Waals surface area contributed by atoms with E-state index < -0.39 is 11.4 Å². The Bertz CT molecular complexity index is 561. The number of benzene rings is 1. The number of ketones is 2. The molecule has 0 saturated heterocycles. The lowest BCUT2D eigenvalue weighted by molar-refractivity contribution is -0.152. The molecule has 0 aliphatic heterocycles. The Hall–Kier alpha value is -1.97. The summed E-state index contributed by atoms with van der Waals surface area (Å²) in [4.78, 5) is 36.8. The molecule has 0 bridgehead atoms. The quantitative estimate of drug-likeness (QED) is 0.625. The minimum atomic E-state index is -1.31. The van der Waals surface area contributed by atoms with Gasteiger partial charge in [-0.3, -0.25) is 14.4 Å². The van der Waals surface area contributed by atoms with E-state index in [1.165, 1.54) is 7.11 Å². The number of rotatable bonds is 4. The zero-order chi connectivity index (χ0) is 14.8. The molecule has 1 aliphatic carbocycles. The molecule has 2 rings (SSSR count). The van der Waals surface area contributed by atoms with Crippen molar-refractivity contribution in [1.82, 2.24) is 0 Å². The predicted octanol–water partition coefficient (Wildman–Crippen LogP) is 2.44. The monoisotopic (exact) mass is 274 g/mol. The van der Waals surface area contributed by atoms with E-state index in [0.717, 1.165) is 12.8 Å². The van der Waals surface area contributed by atoms with E-state index in [1.807, 2.05) is 6.92 Å². The second-order valence-electron chi connectivity index (χ2n) is 5.07. The fraction of sp³-hybridized carbons (Fsp3) is 0.438. The van der Waals surface area contributed by atoms with Crippen molar-refractivity contribution < 1.29 is 19.1 Å². The van der Waals surface area contributed by atoms with Crippen LogP contribution in [0.3, 0.4) is 0 Å². The van der Waals surface area contributed by atoms with Crippen LogP contribution in [0.15, 0.2) is 24.3 Å². The fourth-order valence-electron chi connectivity index (χ4n) is 2.86. The first-order valence-corrected chi connectivity index (χ1v) is 6.82. The number of carbonyl (C=O) groups excluding carboxylic acids is 3. The van der Waals surface area contributed by atoms with Gasteiger partial charge in [0.1, 0.15) is 0 Å². The summed E-state index contributed by atoms with van der Waals surface area (Å²) in [7, 11) is 1.28. The molecule has 1 aliphatic rings. The van der Waals surface area contributed by atoms with Crippen LogP contribution < -0.4 is 0 Å². The Morgan fingerprint density at radius 2 is 2.00 bits per heavy atom. The van der Waals surface area contributed by atoms with Crippen LogP contribution in [-0.2, 0) is 19.7 Å². The molecule has 1 aromatic rings. The molecule has 0 N–H and O–H groups in total. The van der Waals surface area contributed by atoms with Crippen LogP contribution in [0.25, 0.3) is 0 Å². The topological polar surface area (TPSA) is 60.4 Å². The summed E-state index contributed by atoms with van der Waals surface area (Å²) in [5.74, 6) is -1.13. The number of hydrogen-bond donors (Lipinski definition) is 0. The van der Waals surface area contributed by atoms with Crippen molar-refractivity contribution in [1.29, 1.82) is 0 Å². The number of Topliss-reactive ketones (excluding diaryl/α,β-unsaturated/α-hetero) is 2. The van der Waals surface area contributed by atoms with Gasteiger partial charge in [0.25, 0.3) is 0 Å². The van der Waals surface area contributed by atoms with E-state index in [1.54, 1.807) is 24.3 Å². The average Bonchev–Trinajstić information content (AvgIpc) is 2.47. The average molecular weight is 274 g/mol. The SMILES string of the molecule is CCCCC1(C(=O)OC)C(=O)CC(=O)c2ccccc21. The highest BCUT2D eigenvalue weighted by Gasteiger charge is 2.52. The molecule has 0 radical (unpaired) electrons. The van der Waals surface area contributed by atoms with Gasteiger partial charge in [-0.25, -0.2) is 0 Å². The van der Waals surface area contributed by atoms with Gasteiger partial charge in [0.05, 0.1) is 13.5 Å². The molecule has 0 amide bonds. The van der Waals surface area contributed by atoms with Gasteiger partial charge in [0.15, 0.2) is 17.0 Å². The lowest BCUT2D eigenvalue weighted by Crippen LogP contribution is -2.49. The lowest BCUT2D eigenvalue weighted by atomic mass is 9.66. The third kappa shape index (κ3) is 2.05. The smallest absolute Gasteiger partial charge is 0.323 e. The molecule has 0 spiro atoms. The second kappa shape index (κ2) is 5.57. The molecule has 0 aromatic heterocycles. The highest BCUT2D eigenvalue weighted by Crippen LogP contribution is 2.39. The van der Waals surface area contributed by atoms with E-state index in [2.05, 4.69) is 0 Å². The van der Waals surface area contributed by atoms with Crippen molar-refractivity contribution in [2.24, 2.45) is 0 Å². The summed E-state index contributed by atoms with van der Waals surface area (Å²) in [5, 5.41) is 0. The number of unbranched alkanes of at least 4 members (excludes halogenated alkanes) is 1. The van der Waals surface area contributed by atoms with Crippen LogP contribution in [0.5, 0.6) is 0 Å². The number of carbonyl (C=O) groups is 3. The number of ether oxygens (including phenoxy) is 1. The molecule has 0 fully saturated rings. The molecule has 4 nitrogen and oxygen atoms in total. The minimum absolute atomic E-state index is 0.221. The lowest BCUT2D eigenvalue weighted by Gasteiger charge is -2.34. The van der Waals surface area contributed by atoms with Gasteiger partial charge in [-0.05, 0) is 12.0 Å². The third-order valence-corrected chi connectivity index (χ3v) is 3.92. The Morgan fingerprint density at radius 3 is 2.65 bits per heavy atom. The van der Waals surface area contributed by atoms with E-state index in [0.29, 0.717) is 17.5 Å². The maximum absolute atomic E-state index is 12.5. The fourth-order valence-corrected chi connectivity index (χ4v) is 2.86. The Balaban J connectivity index is 2.65. The largest absolute Gasteiger partial charge is 0.468 e. The second-order valence-corrected chi connectivity index (χ2v) is 5.07. The van der Waals surface area contributed by atoms with E-state index >= 15 is 0 Å². The number of esters is 1. The molecule has 1 atom stereocenters. The Labute approximate surface area is 118 Å². The van der Waals surface area contributed by atoms with E-state index in [-0.39, 0.29) is 18.0 Å². The number of hydrogen-bond acceptors (Lipinski definition) is 4. The van der Waals surface area contributed by atoms with Gasteiger partial charge >= 0.3 is 5.97 Å². The van der Waals surface area contributed by atoms with E-state index in [4.69, 9.17) is 4.74 Å². The summed E-state index contributed by atoms with van der Waals surface area (Å²) < 4.78 is 4.88. The summed E-state index contributed by atoms with van der Waals surface area (Å²) in [6.45, 7) is 2.00. The molecule has 0 saturated carbocycles. The van der Waals surface area contributed by atoms with Crippen molar-refractivity contribution in [3.8, 4) is 0 Å². The predicted molar refractivity (Wildman–Crippen MR) is 73.6 cm³/mol. The first-order valence-electron chi connectivity index (χ1n) is 6.82. The van der Waals surface area contributed by atoms with Gasteiger partial charge in [-0.2, -0.15) is 0 Å². The summed E-state index contributed by atoms with van der Waals surface area (Å²) in [6, 6.07) is 6.85. The minimum Gasteiger partial charge on any atom is -0.468 e. The third-order valence-electron chi connectivity index (χ3n) is 3.92. The van der Waals surface area contributed by atoms with Crippen LogP contribution in [0, 0.1) is 0 Å². The maximum atomic E-state index is 12.5. The molecule has 0 heterocycles. The summed E-state index contributed by atoms with van der Waals surface area (Å²) >= 11 is 0. The zero-order valence-corrected chi connectivity index (χ0v) is 11.8. The van der Waals surface area contributed by atoms with Gasteiger partial charge in [0.2, 0.25) is 0 Å². The molecule has 1 aromatic carbocycles. The van der Waals surface area contributed by atoms with Gasteiger partial charge in [-0.15, -0.1) is 0 Å². The van der Waals surface area contributed by atoms with Crippen molar-refractivity contribution in [3.63, 3.8) is 0 Å². The standard InChI is InChI=1S/C16H18O4/c1-3-4-9-16(15(19)20-2)12-8-6-5-7-11(12)13(17)10-14(16)18/h5-8H,3-4,9-10H2,1-2H3. The maximum Gasteiger partial charge on any atom is 0.323 e. The number of fused-ring (bicyclic) bond motifs is 1. The van der Waals surface area contributed by atoms with Crippen LogP contribution in [0.1, 0.15) is 48.5 Å². The first-order chi connectivity index (χ1) is 9.57. The van der Waals surface area contributed by atoms with Gasteiger partial charge in [-0.1, -0.05) is 44.0 Å². The molecule has 20 heavy (non-hydrogen) atoms. The Morgan fingerprint density at radius 1 is 1.30 bits per heavy atom. The van der Waals surface area contributed by atoms with Gasteiger partial charge in [0, 0.05) is 5.56 Å². The van der Waals surface area contributed by atoms with Gasteiger partial charge < -0.3 is 4.74 Å². The van der Waals surface area contributed by atoms with E-state index in [9.17, 15) is 14.4 Å². The van der Waals surface area contributed by atoms with Crippen molar-refractivity contribution in [2.45, 2.75) is 38.0 Å². The molecule has 106 valence electrons. The van der Waals surface area contributed by atoms with Crippen LogP contribution >= 0.6 is 0 Å². The first kappa shape index (κ1) is 14.4. The Kier molecular flexibility index (Phi) is 4.02. The van der Waals surface area contributed by atoms with Crippen LogP contribution in [0.4, 0.5) is 0 Å². The summed E-state index contributed by atoms with van der Waals surface area (Å²) in [5.41, 5.74) is -0.343. The van der Waals surface area contributed by atoms with Crippen LogP contribution in [0.2, 0.25) is 0 Å². The van der Waals surface area contributed by atoms with Crippen LogP contribution in [-0.4, -0.2) is 24.6 Å². The highest BCUT2D eigenvalue weighted by molar-refractivity contribution is 6.23. The van der Waals surface area contributed by atoms with Crippen molar-refractivity contribution >= 4 is 17.5 Å². The zero-order valence-electron chi connectivity index (χ0n) is 11.8. The molecular formula is C16H18O4. The highest BCUT2D eigenvalue weighted by atomic mass is 16.5. The molecule has 1 unspecified atom stereocenters. The summed E-state index contributed by atoms with van der Waals surface area (Å²) in [6.07, 6.45) is 1.75. The molecule has 4 heteroatoms.